The van der Waals surface area contributed by atoms with E-state index >= 15 is 0 Å². The molecule has 2 aromatic rings. The maximum absolute atomic E-state index is 10.1. The van der Waals surface area contributed by atoms with Crippen molar-refractivity contribution >= 4 is 0 Å². The molecule has 0 saturated carbocycles. The van der Waals surface area contributed by atoms with E-state index in [0.717, 1.165) is 19.4 Å². The lowest BCUT2D eigenvalue weighted by atomic mass is 9.55. The average molecular weight is 317 g/mol. The van der Waals surface area contributed by atoms with Crippen molar-refractivity contribution < 1.29 is 5.11 Å². The number of phenols is 1. The van der Waals surface area contributed by atoms with Gasteiger partial charge in [0.15, 0.2) is 0 Å². The zero-order valence-corrected chi connectivity index (χ0v) is 14.1. The van der Waals surface area contributed by atoms with Crippen molar-refractivity contribution in [2.24, 2.45) is 5.92 Å². The Hall–Kier alpha value is -2.24. The summed E-state index contributed by atoms with van der Waals surface area (Å²) >= 11 is 0. The summed E-state index contributed by atoms with van der Waals surface area (Å²) in [6, 6.07) is 17.1. The number of aromatic hydroxyl groups is 1. The third kappa shape index (κ3) is 2.08. The number of terminal acetylenes is 1. The fraction of sp³-hybridized carbons (Fsp3) is 0.364. The smallest absolute Gasteiger partial charge is 0.115 e. The second-order valence-corrected chi connectivity index (χ2v) is 7.16. The molecule has 3 unspecified atom stereocenters. The van der Waals surface area contributed by atoms with Crippen LogP contribution < -0.4 is 0 Å². The molecule has 1 aliphatic heterocycles. The molecule has 2 bridgehead atoms. The Labute approximate surface area is 144 Å². The van der Waals surface area contributed by atoms with E-state index in [-0.39, 0.29) is 5.41 Å². The van der Waals surface area contributed by atoms with E-state index in [1.807, 2.05) is 12.1 Å². The summed E-state index contributed by atoms with van der Waals surface area (Å²) in [4.78, 5) is 2.46. The molecule has 2 nitrogen and oxygen atoms in total. The van der Waals surface area contributed by atoms with Crippen molar-refractivity contribution in [1.82, 2.24) is 4.90 Å². The molecule has 2 heteroatoms. The molecule has 4 rings (SSSR count). The Morgan fingerprint density at radius 2 is 2.04 bits per heavy atom. The van der Waals surface area contributed by atoms with Crippen LogP contribution in [0.4, 0.5) is 0 Å². The van der Waals surface area contributed by atoms with Gasteiger partial charge in [0.2, 0.25) is 0 Å². The second kappa shape index (κ2) is 5.69. The summed E-state index contributed by atoms with van der Waals surface area (Å²) < 4.78 is 0. The Morgan fingerprint density at radius 1 is 1.25 bits per heavy atom. The van der Waals surface area contributed by atoms with Crippen molar-refractivity contribution in [1.29, 1.82) is 0 Å². The van der Waals surface area contributed by atoms with Crippen LogP contribution in [0.15, 0.2) is 48.5 Å². The highest BCUT2D eigenvalue weighted by molar-refractivity contribution is 5.51. The number of phenolic OH excluding ortho intramolecular Hbond substituents is 1. The molecule has 1 saturated heterocycles. The minimum atomic E-state index is -0.0383. The summed E-state index contributed by atoms with van der Waals surface area (Å²) in [6.07, 6.45) is 7.65. The van der Waals surface area contributed by atoms with Crippen molar-refractivity contribution in [3.05, 3.63) is 65.2 Å². The topological polar surface area (TPSA) is 23.5 Å². The van der Waals surface area contributed by atoms with Gasteiger partial charge in [-0.2, -0.15) is 0 Å². The third-order valence-corrected chi connectivity index (χ3v) is 6.20. The number of hydrogen-bond acceptors (Lipinski definition) is 2. The van der Waals surface area contributed by atoms with Crippen LogP contribution in [0.3, 0.4) is 0 Å². The number of rotatable bonds is 2. The first-order valence-corrected chi connectivity index (χ1v) is 8.72. The molecule has 0 amide bonds. The molecule has 0 radical (unpaired) electrons. The molecule has 3 atom stereocenters. The van der Waals surface area contributed by atoms with Crippen LogP contribution in [-0.2, 0) is 11.8 Å². The monoisotopic (exact) mass is 317 g/mol. The highest BCUT2D eigenvalue weighted by Gasteiger charge is 2.51. The second-order valence-electron chi connectivity index (χ2n) is 7.16. The molecular weight excluding hydrogens is 294 g/mol. The van der Waals surface area contributed by atoms with Gasteiger partial charge in [0.05, 0.1) is 6.54 Å². The van der Waals surface area contributed by atoms with Crippen molar-refractivity contribution in [2.45, 2.75) is 31.2 Å². The van der Waals surface area contributed by atoms with Gasteiger partial charge < -0.3 is 5.11 Å². The standard InChI is InChI=1S/C22H23NO/c1-3-12-23-13-11-22(18-7-5-4-6-8-18)16(2)21(23)14-17-9-10-19(24)15-20(17)22/h1,4-10,15-16,21,24H,11-14H2,2H3. The van der Waals surface area contributed by atoms with E-state index in [9.17, 15) is 5.11 Å². The fourth-order valence-electron chi connectivity index (χ4n) is 5.04. The number of nitrogens with zero attached hydrogens (tertiary/aromatic N) is 1. The number of fused-ring (bicyclic) bond motifs is 4. The molecule has 24 heavy (non-hydrogen) atoms. The molecular formula is C22H23NO. The van der Waals surface area contributed by atoms with Crippen molar-refractivity contribution in [3.63, 3.8) is 0 Å². The van der Waals surface area contributed by atoms with Crippen molar-refractivity contribution in [3.8, 4) is 18.1 Å². The SMILES string of the molecule is C#CCN1CCC2(c3ccccc3)c3cc(O)ccc3CC1C2C. The predicted octanol–water partition coefficient (Wildman–Crippen LogP) is 3.58. The summed E-state index contributed by atoms with van der Waals surface area (Å²) in [7, 11) is 0. The Bertz CT molecular complexity index is 791. The van der Waals surface area contributed by atoms with Gasteiger partial charge in [-0.05, 0) is 47.6 Å². The molecule has 2 aliphatic rings. The molecule has 122 valence electrons. The number of likely N-dealkylation sites (tertiary alicyclic amines) is 1. The normalized spacial score (nSPS) is 28.8. The fourth-order valence-corrected chi connectivity index (χ4v) is 5.04. The zero-order chi connectivity index (χ0) is 16.7. The van der Waals surface area contributed by atoms with Crippen LogP contribution in [-0.4, -0.2) is 29.1 Å². The zero-order valence-electron chi connectivity index (χ0n) is 14.1. The van der Waals surface area contributed by atoms with Crippen LogP contribution in [0.2, 0.25) is 0 Å². The molecule has 2 aromatic carbocycles. The van der Waals surface area contributed by atoms with Gasteiger partial charge in [-0.25, -0.2) is 0 Å². The van der Waals surface area contributed by atoms with E-state index in [1.54, 1.807) is 0 Å². The molecule has 1 fully saturated rings. The number of benzene rings is 2. The lowest BCUT2D eigenvalue weighted by Gasteiger charge is -2.56. The van der Waals surface area contributed by atoms with Crippen LogP contribution in [0.5, 0.6) is 5.75 Å². The Kier molecular flexibility index (Phi) is 3.62. The molecule has 1 N–H and O–H groups in total. The Morgan fingerprint density at radius 3 is 2.79 bits per heavy atom. The minimum Gasteiger partial charge on any atom is -0.508 e. The third-order valence-electron chi connectivity index (χ3n) is 6.20. The van der Waals surface area contributed by atoms with E-state index < -0.39 is 0 Å². The van der Waals surface area contributed by atoms with Gasteiger partial charge in [0.1, 0.15) is 5.75 Å². The van der Waals surface area contributed by atoms with E-state index in [0.29, 0.717) is 24.3 Å². The Balaban J connectivity index is 1.93. The van der Waals surface area contributed by atoms with Crippen LogP contribution in [0, 0.1) is 18.3 Å². The lowest BCUT2D eigenvalue weighted by molar-refractivity contribution is 0.0514. The summed E-state index contributed by atoms with van der Waals surface area (Å²) in [6.45, 7) is 4.07. The summed E-state index contributed by atoms with van der Waals surface area (Å²) in [5, 5.41) is 10.1. The summed E-state index contributed by atoms with van der Waals surface area (Å²) in [5.41, 5.74) is 3.97. The molecule has 0 aromatic heterocycles. The first kappa shape index (κ1) is 15.3. The highest BCUT2D eigenvalue weighted by Crippen LogP contribution is 2.53. The van der Waals surface area contributed by atoms with Gasteiger partial charge in [0, 0.05) is 18.0 Å². The van der Waals surface area contributed by atoms with Gasteiger partial charge in [-0.3, -0.25) is 4.90 Å². The first-order chi connectivity index (χ1) is 11.7. The molecule has 0 spiro atoms. The van der Waals surface area contributed by atoms with Crippen LogP contribution in [0.1, 0.15) is 30.0 Å². The minimum absolute atomic E-state index is 0.0383. The molecule has 1 heterocycles. The average Bonchev–Trinajstić information content (AvgIpc) is 2.60. The van der Waals surface area contributed by atoms with Crippen LogP contribution >= 0.6 is 0 Å². The van der Waals surface area contributed by atoms with Gasteiger partial charge >= 0.3 is 0 Å². The van der Waals surface area contributed by atoms with E-state index in [1.165, 1.54) is 16.7 Å². The number of piperidine rings is 1. The highest BCUT2D eigenvalue weighted by atomic mass is 16.3. The van der Waals surface area contributed by atoms with Gasteiger partial charge in [-0.1, -0.05) is 49.2 Å². The molecule has 1 aliphatic carbocycles. The largest absolute Gasteiger partial charge is 0.508 e. The number of hydrogen-bond donors (Lipinski definition) is 1. The maximum Gasteiger partial charge on any atom is 0.115 e. The lowest BCUT2D eigenvalue weighted by Crippen LogP contribution is -2.59. The predicted molar refractivity (Wildman–Crippen MR) is 97.0 cm³/mol. The maximum atomic E-state index is 10.1. The van der Waals surface area contributed by atoms with Crippen molar-refractivity contribution in [2.75, 3.05) is 13.1 Å². The summed E-state index contributed by atoms with van der Waals surface area (Å²) in [5.74, 6) is 3.65. The van der Waals surface area contributed by atoms with E-state index in [4.69, 9.17) is 6.42 Å². The van der Waals surface area contributed by atoms with Gasteiger partial charge in [-0.15, -0.1) is 6.42 Å². The quantitative estimate of drug-likeness (QED) is 0.856. The van der Waals surface area contributed by atoms with Gasteiger partial charge in [0.25, 0.3) is 0 Å². The van der Waals surface area contributed by atoms with Crippen LogP contribution in [0.25, 0.3) is 0 Å². The first-order valence-electron chi connectivity index (χ1n) is 8.72. The van der Waals surface area contributed by atoms with E-state index in [2.05, 4.69) is 54.1 Å².